The van der Waals surface area contributed by atoms with Gasteiger partial charge < -0.3 is 4.74 Å². The van der Waals surface area contributed by atoms with Crippen LogP contribution in [0.15, 0.2) is 12.1 Å². The molecule has 2 aliphatic carbocycles. The number of rotatable bonds is 2. The molecule has 1 fully saturated rings. The quantitative estimate of drug-likeness (QED) is 0.806. The second kappa shape index (κ2) is 5.15. The number of Topliss-reactive ketones (excluding diaryl/α,β-unsaturated/α-hetero) is 1. The molecule has 0 amide bonds. The van der Waals surface area contributed by atoms with Crippen LogP contribution in [0.1, 0.15) is 69.1 Å². The van der Waals surface area contributed by atoms with Crippen molar-refractivity contribution < 1.29 is 9.53 Å². The molecule has 0 unspecified atom stereocenters. The first kappa shape index (κ1) is 14.6. The van der Waals surface area contributed by atoms with Crippen LogP contribution >= 0.6 is 0 Å². The fourth-order valence-corrected chi connectivity index (χ4v) is 4.55. The molecule has 0 aliphatic heterocycles. The summed E-state index contributed by atoms with van der Waals surface area (Å²) in [5.74, 6) is 2.22. The van der Waals surface area contributed by atoms with Gasteiger partial charge >= 0.3 is 0 Å². The van der Waals surface area contributed by atoms with Crippen LogP contribution in [0.5, 0.6) is 5.75 Å². The minimum atomic E-state index is 0.0195. The van der Waals surface area contributed by atoms with Gasteiger partial charge in [0.25, 0.3) is 0 Å². The maximum absolute atomic E-state index is 12.3. The molecule has 1 aromatic carbocycles. The van der Waals surface area contributed by atoms with E-state index in [9.17, 15) is 4.79 Å². The first-order valence-electron chi connectivity index (χ1n) is 8.22. The van der Waals surface area contributed by atoms with Crippen LogP contribution in [0, 0.1) is 5.92 Å². The molecule has 2 atom stereocenters. The summed E-state index contributed by atoms with van der Waals surface area (Å²) in [4.78, 5) is 12.3. The number of hydrogen-bond acceptors (Lipinski definition) is 2. The molecule has 0 saturated heterocycles. The fraction of sp³-hybridized carbons (Fsp3) is 0.632. The average Bonchev–Trinajstić information content (AvgIpc) is 2.45. The maximum atomic E-state index is 12.3. The van der Waals surface area contributed by atoms with Gasteiger partial charge in [0.15, 0.2) is 0 Å². The van der Waals surface area contributed by atoms with E-state index in [4.69, 9.17) is 4.74 Å². The molecule has 2 heteroatoms. The Labute approximate surface area is 127 Å². The lowest BCUT2D eigenvalue weighted by Crippen LogP contribution is -2.44. The van der Waals surface area contributed by atoms with Gasteiger partial charge in [-0.2, -0.15) is 0 Å². The summed E-state index contributed by atoms with van der Waals surface area (Å²) in [5.41, 5.74) is 4.04. The summed E-state index contributed by atoms with van der Waals surface area (Å²) in [6.45, 7) is 6.71. The number of benzene rings is 1. The molecule has 0 heterocycles. The highest BCUT2D eigenvalue weighted by Crippen LogP contribution is 2.51. The number of carbonyl (C=O) groups is 1. The Morgan fingerprint density at radius 2 is 2.05 bits per heavy atom. The first-order chi connectivity index (χ1) is 9.99. The van der Waals surface area contributed by atoms with E-state index in [1.165, 1.54) is 16.7 Å². The fourth-order valence-electron chi connectivity index (χ4n) is 4.55. The Morgan fingerprint density at radius 3 is 2.71 bits per heavy atom. The van der Waals surface area contributed by atoms with Crippen molar-refractivity contribution in [1.29, 1.82) is 0 Å². The standard InChI is InChI=1S/C19H26O2/c1-12(2)13-7-9-15-14(18(13)21-4)8-10-16-17(20)6-5-11-19(15,16)3/h7,9,12,16H,5-6,8,10-11H2,1-4H3/t16-,19+/m0/s1. The lowest BCUT2D eigenvalue weighted by atomic mass is 9.57. The number of hydrogen-bond donors (Lipinski definition) is 0. The first-order valence-corrected chi connectivity index (χ1v) is 8.22. The molecular weight excluding hydrogens is 260 g/mol. The maximum Gasteiger partial charge on any atom is 0.136 e. The number of methoxy groups -OCH3 is 1. The van der Waals surface area contributed by atoms with Crippen LogP contribution in [0.4, 0.5) is 0 Å². The summed E-state index contributed by atoms with van der Waals surface area (Å²) in [6, 6.07) is 4.49. The zero-order chi connectivity index (χ0) is 15.2. The van der Waals surface area contributed by atoms with Crippen LogP contribution in [0.2, 0.25) is 0 Å². The van der Waals surface area contributed by atoms with Gasteiger partial charge in [0.05, 0.1) is 7.11 Å². The molecule has 2 nitrogen and oxygen atoms in total. The van der Waals surface area contributed by atoms with E-state index in [-0.39, 0.29) is 11.3 Å². The van der Waals surface area contributed by atoms with Gasteiger partial charge in [-0.25, -0.2) is 0 Å². The van der Waals surface area contributed by atoms with Gasteiger partial charge in [-0.05, 0) is 48.3 Å². The molecule has 0 aromatic heterocycles. The van der Waals surface area contributed by atoms with Crippen molar-refractivity contribution in [3.63, 3.8) is 0 Å². The van der Waals surface area contributed by atoms with Crippen molar-refractivity contribution in [2.24, 2.45) is 5.92 Å². The monoisotopic (exact) mass is 286 g/mol. The number of ether oxygens (including phenoxy) is 1. The van der Waals surface area contributed by atoms with E-state index in [1.54, 1.807) is 7.11 Å². The van der Waals surface area contributed by atoms with Gasteiger partial charge in [0.2, 0.25) is 0 Å². The zero-order valence-electron chi connectivity index (χ0n) is 13.7. The molecule has 3 rings (SSSR count). The highest BCUT2D eigenvalue weighted by Gasteiger charge is 2.46. The summed E-state index contributed by atoms with van der Waals surface area (Å²) in [5, 5.41) is 0. The Morgan fingerprint density at radius 1 is 1.29 bits per heavy atom. The van der Waals surface area contributed by atoms with Gasteiger partial charge in [-0.3, -0.25) is 4.79 Å². The van der Waals surface area contributed by atoms with Crippen molar-refractivity contribution in [3.8, 4) is 5.75 Å². The highest BCUT2D eigenvalue weighted by molar-refractivity contribution is 5.84. The lowest BCUT2D eigenvalue weighted by molar-refractivity contribution is -0.128. The van der Waals surface area contributed by atoms with Crippen LogP contribution in [-0.4, -0.2) is 12.9 Å². The Kier molecular flexibility index (Phi) is 3.59. The number of carbonyl (C=O) groups excluding carboxylic acids is 1. The van der Waals surface area contributed by atoms with Gasteiger partial charge in [0.1, 0.15) is 11.5 Å². The molecule has 2 aliphatic rings. The second-order valence-corrected chi connectivity index (χ2v) is 7.20. The predicted molar refractivity (Wildman–Crippen MR) is 85.1 cm³/mol. The number of ketones is 1. The van der Waals surface area contributed by atoms with Crippen LogP contribution in [0.3, 0.4) is 0 Å². The molecule has 0 bridgehead atoms. The third-order valence-corrected chi connectivity index (χ3v) is 5.69. The highest BCUT2D eigenvalue weighted by atomic mass is 16.5. The second-order valence-electron chi connectivity index (χ2n) is 7.20. The molecule has 1 aromatic rings. The molecule has 0 radical (unpaired) electrons. The topological polar surface area (TPSA) is 26.3 Å². The van der Waals surface area contributed by atoms with E-state index in [0.29, 0.717) is 11.7 Å². The molecular formula is C19H26O2. The third kappa shape index (κ3) is 2.11. The van der Waals surface area contributed by atoms with Crippen LogP contribution in [-0.2, 0) is 16.6 Å². The zero-order valence-corrected chi connectivity index (χ0v) is 13.7. The number of fused-ring (bicyclic) bond motifs is 3. The van der Waals surface area contributed by atoms with Crippen molar-refractivity contribution in [3.05, 3.63) is 28.8 Å². The Hall–Kier alpha value is -1.31. The smallest absolute Gasteiger partial charge is 0.136 e. The van der Waals surface area contributed by atoms with E-state index in [1.807, 2.05) is 0 Å². The predicted octanol–water partition coefficient (Wildman–Crippen LogP) is 4.39. The lowest BCUT2D eigenvalue weighted by Gasteiger charge is -2.46. The third-order valence-electron chi connectivity index (χ3n) is 5.69. The van der Waals surface area contributed by atoms with Crippen LogP contribution in [0.25, 0.3) is 0 Å². The average molecular weight is 286 g/mol. The van der Waals surface area contributed by atoms with Gasteiger partial charge in [-0.15, -0.1) is 0 Å². The normalized spacial score (nSPS) is 28.2. The summed E-state index contributed by atoms with van der Waals surface area (Å²) >= 11 is 0. The van der Waals surface area contributed by atoms with Crippen molar-refractivity contribution in [2.75, 3.05) is 7.11 Å². The molecule has 0 N–H and O–H groups in total. The largest absolute Gasteiger partial charge is 0.496 e. The van der Waals surface area contributed by atoms with Crippen LogP contribution < -0.4 is 4.74 Å². The minimum Gasteiger partial charge on any atom is -0.496 e. The van der Waals surface area contributed by atoms with Crippen molar-refractivity contribution in [1.82, 2.24) is 0 Å². The minimum absolute atomic E-state index is 0.0195. The van der Waals surface area contributed by atoms with Crippen molar-refractivity contribution in [2.45, 2.75) is 64.2 Å². The summed E-state index contributed by atoms with van der Waals surface area (Å²) < 4.78 is 5.77. The summed E-state index contributed by atoms with van der Waals surface area (Å²) in [6.07, 6.45) is 4.89. The van der Waals surface area contributed by atoms with E-state index >= 15 is 0 Å². The Balaban J connectivity index is 2.16. The summed E-state index contributed by atoms with van der Waals surface area (Å²) in [7, 11) is 1.78. The van der Waals surface area contributed by atoms with E-state index in [2.05, 4.69) is 32.9 Å². The molecule has 1 saturated carbocycles. The molecule has 21 heavy (non-hydrogen) atoms. The molecule has 114 valence electrons. The SMILES string of the molecule is COc1c(C(C)C)ccc2c1CC[C@H]1C(=O)CCC[C@]21C. The Bertz CT molecular complexity index is 573. The van der Waals surface area contributed by atoms with Gasteiger partial charge in [0, 0.05) is 17.8 Å². The van der Waals surface area contributed by atoms with Crippen molar-refractivity contribution >= 4 is 5.78 Å². The van der Waals surface area contributed by atoms with E-state index < -0.39 is 0 Å². The van der Waals surface area contributed by atoms with Gasteiger partial charge in [-0.1, -0.05) is 32.9 Å². The van der Waals surface area contributed by atoms with E-state index in [0.717, 1.165) is 37.9 Å². The molecule has 0 spiro atoms.